The highest BCUT2D eigenvalue weighted by molar-refractivity contribution is 6.51. The number of carbonyl (C=O) groups is 2. The van der Waals surface area contributed by atoms with Gasteiger partial charge in [0.2, 0.25) is 0 Å². The van der Waals surface area contributed by atoms with Gasteiger partial charge in [-0.15, -0.1) is 0 Å². The van der Waals surface area contributed by atoms with Gasteiger partial charge in [0.25, 0.3) is 5.78 Å². The van der Waals surface area contributed by atoms with Gasteiger partial charge in [-0.05, 0) is 36.8 Å². The van der Waals surface area contributed by atoms with Gasteiger partial charge < -0.3 is 9.63 Å². The zero-order valence-corrected chi connectivity index (χ0v) is 15.6. The number of aliphatic hydroxyl groups excluding tert-OH is 1. The molecule has 0 spiro atoms. The molecule has 3 aromatic rings. The van der Waals surface area contributed by atoms with E-state index in [1.54, 1.807) is 61.5 Å². The minimum absolute atomic E-state index is 0.0147. The number of hydrogen-bond donors (Lipinski definition) is 1. The lowest BCUT2D eigenvalue weighted by atomic mass is 9.95. The molecule has 6 nitrogen and oxygen atoms in total. The Hall–Kier alpha value is -3.38. The second-order valence-electron chi connectivity index (χ2n) is 6.38. The van der Waals surface area contributed by atoms with E-state index in [0.717, 1.165) is 0 Å². The first-order valence-electron chi connectivity index (χ1n) is 8.52. The van der Waals surface area contributed by atoms with Crippen molar-refractivity contribution in [1.82, 2.24) is 5.16 Å². The molecule has 0 saturated carbocycles. The normalized spacial score (nSPS) is 18.6. The zero-order chi connectivity index (χ0) is 19.8. The first-order valence-corrected chi connectivity index (χ1v) is 8.90. The molecule has 2 heterocycles. The van der Waals surface area contributed by atoms with Crippen LogP contribution in [0.4, 0.5) is 5.82 Å². The molecule has 2 aromatic carbocycles. The Kier molecular flexibility index (Phi) is 4.49. The molecule has 1 aliphatic rings. The van der Waals surface area contributed by atoms with Gasteiger partial charge in [-0.25, -0.2) is 0 Å². The standard InChI is InChI=1S/C21H15ClN2O4/c1-12-11-16(23-28-12)24-18(13-5-3-2-4-6-13)17(20(26)21(24)27)19(25)14-7-9-15(22)10-8-14/h2-11,18,25H,1H3/b19-17+/t18-/m1/s1. The summed E-state index contributed by atoms with van der Waals surface area (Å²) in [6.45, 7) is 1.69. The van der Waals surface area contributed by atoms with Crippen molar-refractivity contribution in [1.29, 1.82) is 0 Å². The number of amides is 1. The molecule has 0 aliphatic carbocycles. The average molecular weight is 395 g/mol. The largest absolute Gasteiger partial charge is 0.507 e. The van der Waals surface area contributed by atoms with Gasteiger partial charge in [0.1, 0.15) is 11.5 Å². The minimum atomic E-state index is -0.832. The topological polar surface area (TPSA) is 83.6 Å². The van der Waals surface area contributed by atoms with E-state index in [1.807, 2.05) is 6.07 Å². The Morgan fingerprint density at radius 1 is 1.11 bits per heavy atom. The van der Waals surface area contributed by atoms with Crippen LogP contribution in [0.25, 0.3) is 5.76 Å². The highest BCUT2D eigenvalue weighted by atomic mass is 35.5. The second-order valence-corrected chi connectivity index (χ2v) is 6.82. The highest BCUT2D eigenvalue weighted by Gasteiger charge is 2.48. The molecular formula is C21H15ClN2O4. The SMILES string of the molecule is Cc1cc(N2C(=O)C(=O)/C(=C(/O)c3ccc(Cl)cc3)[C@H]2c2ccccc2)no1. The third kappa shape index (κ3) is 2.97. The fraction of sp³-hybridized carbons (Fsp3) is 0.0952. The Balaban J connectivity index is 1.93. The number of Topliss-reactive ketones (excluding diaryl/α,β-unsaturated/α-hetero) is 1. The summed E-state index contributed by atoms with van der Waals surface area (Å²) in [4.78, 5) is 26.9. The number of anilines is 1. The van der Waals surface area contributed by atoms with Crippen molar-refractivity contribution in [3.05, 3.63) is 88.1 Å². The quantitative estimate of drug-likeness (QED) is 0.407. The van der Waals surface area contributed by atoms with E-state index >= 15 is 0 Å². The fourth-order valence-electron chi connectivity index (χ4n) is 3.25. The van der Waals surface area contributed by atoms with Gasteiger partial charge in [-0.2, -0.15) is 0 Å². The van der Waals surface area contributed by atoms with Gasteiger partial charge in [0.05, 0.1) is 11.6 Å². The molecule has 0 unspecified atom stereocenters. The minimum Gasteiger partial charge on any atom is -0.507 e. The molecule has 1 fully saturated rings. The lowest BCUT2D eigenvalue weighted by Crippen LogP contribution is -2.29. The number of benzene rings is 2. The Morgan fingerprint density at radius 2 is 1.79 bits per heavy atom. The molecule has 4 rings (SSSR count). The number of rotatable bonds is 3. The van der Waals surface area contributed by atoms with E-state index in [0.29, 0.717) is 21.9 Å². The second kappa shape index (κ2) is 6.98. The van der Waals surface area contributed by atoms with E-state index in [9.17, 15) is 14.7 Å². The summed E-state index contributed by atoms with van der Waals surface area (Å²) in [6, 6.07) is 16.1. The monoisotopic (exact) mass is 394 g/mol. The van der Waals surface area contributed by atoms with E-state index < -0.39 is 17.7 Å². The van der Waals surface area contributed by atoms with Crippen molar-refractivity contribution in [2.75, 3.05) is 4.90 Å². The summed E-state index contributed by atoms with van der Waals surface area (Å²) in [5, 5.41) is 15.3. The molecule has 1 amide bonds. The molecule has 7 heteroatoms. The van der Waals surface area contributed by atoms with Gasteiger partial charge >= 0.3 is 5.91 Å². The Bertz CT molecular complexity index is 1090. The summed E-state index contributed by atoms with van der Waals surface area (Å²) in [6.07, 6.45) is 0. The maximum absolute atomic E-state index is 12.9. The highest BCUT2D eigenvalue weighted by Crippen LogP contribution is 2.41. The third-order valence-corrected chi connectivity index (χ3v) is 4.79. The molecule has 1 aromatic heterocycles. The van der Waals surface area contributed by atoms with Crippen LogP contribution in [0.3, 0.4) is 0 Å². The number of carbonyl (C=O) groups excluding carboxylic acids is 2. The number of hydrogen-bond acceptors (Lipinski definition) is 5. The zero-order valence-electron chi connectivity index (χ0n) is 14.8. The summed E-state index contributed by atoms with van der Waals surface area (Å²) >= 11 is 5.91. The first kappa shape index (κ1) is 18.0. The molecule has 1 saturated heterocycles. The van der Waals surface area contributed by atoms with Crippen molar-refractivity contribution < 1.29 is 19.2 Å². The lowest BCUT2D eigenvalue weighted by Gasteiger charge is -2.22. The van der Waals surface area contributed by atoms with Crippen LogP contribution < -0.4 is 4.90 Å². The first-order chi connectivity index (χ1) is 13.5. The van der Waals surface area contributed by atoms with E-state index in [2.05, 4.69) is 5.16 Å². The van der Waals surface area contributed by atoms with Crippen molar-refractivity contribution in [3.63, 3.8) is 0 Å². The average Bonchev–Trinajstić information content (AvgIpc) is 3.24. The summed E-state index contributed by atoms with van der Waals surface area (Å²) < 4.78 is 5.09. The summed E-state index contributed by atoms with van der Waals surface area (Å²) in [5.41, 5.74) is 1.04. The van der Waals surface area contributed by atoms with Crippen molar-refractivity contribution in [2.45, 2.75) is 13.0 Å². The van der Waals surface area contributed by atoms with E-state index in [-0.39, 0.29) is 17.2 Å². The van der Waals surface area contributed by atoms with Crippen molar-refractivity contribution in [2.24, 2.45) is 0 Å². The predicted molar refractivity (Wildman–Crippen MR) is 104 cm³/mol. The van der Waals surface area contributed by atoms with Crippen LogP contribution in [0.15, 0.2) is 70.8 Å². The number of ketones is 1. The summed E-state index contributed by atoms with van der Waals surface area (Å²) in [7, 11) is 0. The van der Waals surface area contributed by atoms with Gasteiger partial charge in [-0.3, -0.25) is 14.5 Å². The number of aromatic nitrogens is 1. The summed E-state index contributed by atoms with van der Waals surface area (Å²) in [5.74, 6) is -1.13. The molecular weight excluding hydrogens is 380 g/mol. The lowest BCUT2D eigenvalue weighted by molar-refractivity contribution is -0.132. The number of halogens is 1. The molecule has 140 valence electrons. The number of aliphatic hydroxyl groups is 1. The number of aryl methyl sites for hydroxylation is 1. The van der Waals surface area contributed by atoms with Crippen LogP contribution in [0, 0.1) is 6.92 Å². The van der Waals surface area contributed by atoms with Gasteiger partial charge in [0, 0.05) is 16.7 Å². The molecule has 28 heavy (non-hydrogen) atoms. The van der Waals surface area contributed by atoms with E-state index in [1.165, 1.54) is 4.90 Å². The van der Waals surface area contributed by atoms with Gasteiger partial charge in [-0.1, -0.05) is 47.1 Å². The van der Waals surface area contributed by atoms with Crippen LogP contribution >= 0.6 is 11.6 Å². The number of nitrogens with zero attached hydrogens (tertiary/aromatic N) is 2. The molecule has 0 radical (unpaired) electrons. The molecule has 1 atom stereocenters. The maximum Gasteiger partial charge on any atom is 0.301 e. The Morgan fingerprint density at radius 3 is 2.39 bits per heavy atom. The van der Waals surface area contributed by atoms with Crippen LogP contribution in [-0.4, -0.2) is 22.0 Å². The smallest absolute Gasteiger partial charge is 0.301 e. The van der Waals surface area contributed by atoms with Crippen LogP contribution in [0.5, 0.6) is 0 Å². The van der Waals surface area contributed by atoms with E-state index in [4.69, 9.17) is 16.1 Å². The van der Waals surface area contributed by atoms with Crippen LogP contribution in [0.2, 0.25) is 5.02 Å². The van der Waals surface area contributed by atoms with Crippen LogP contribution in [0.1, 0.15) is 22.9 Å². The van der Waals surface area contributed by atoms with Crippen LogP contribution in [-0.2, 0) is 9.59 Å². The molecule has 1 N–H and O–H groups in total. The third-order valence-electron chi connectivity index (χ3n) is 4.54. The molecule has 1 aliphatic heterocycles. The Labute approximate surface area is 165 Å². The fourth-order valence-corrected chi connectivity index (χ4v) is 3.38. The van der Waals surface area contributed by atoms with Gasteiger partial charge in [0.15, 0.2) is 5.82 Å². The maximum atomic E-state index is 12.9. The van der Waals surface area contributed by atoms with Crippen molar-refractivity contribution >= 4 is 34.9 Å². The van der Waals surface area contributed by atoms with Crippen molar-refractivity contribution in [3.8, 4) is 0 Å². The predicted octanol–water partition coefficient (Wildman–Crippen LogP) is 4.26. The molecule has 0 bridgehead atoms.